The van der Waals surface area contributed by atoms with Crippen molar-refractivity contribution < 1.29 is 17.7 Å². The van der Waals surface area contributed by atoms with Crippen LogP contribution in [0.2, 0.25) is 0 Å². The number of anilines is 3. The quantitative estimate of drug-likeness (QED) is 0.546. The maximum absolute atomic E-state index is 12.8. The number of piperidine rings is 1. The molecule has 2 aliphatic rings. The van der Waals surface area contributed by atoms with E-state index in [0.29, 0.717) is 30.7 Å². The monoisotopic (exact) mass is 488 g/mol. The third-order valence-electron chi connectivity index (χ3n) is 6.90. The van der Waals surface area contributed by atoms with Gasteiger partial charge in [0.15, 0.2) is 0 Å². The number of fused-ring (bicyclic) bond motifs is 1. The third-order valence-corrected chi connectivity index (χ3v) is 6.90. The summed E-state index contributed by atoms with van der Waals surface area (Å²) in [6.07, 6.45) is -1.51. The Hall–Kier alpha value is -3.28. The van der Waals surface area contributed by atoms with Gasteiger partial charge in [-0.1, -0.05) is 23.4 Å². The van der Waals surface area contributed by atoms with Crippen molar-refractivity contribution in [3.8, 4) is 11.6 Å². The molecule has 9 nitrogen and oxygen atoms in total. The number of benzene rings is 1. The number of likely N-dealkylation sites (tertiary alicyclic amines) is 1. The molecule has 1 saturated heterocycles. The smallest absolute Gasteiger partial charge is 0.368 e. The minimum Gasteiger partial charge on any atom is -0.368 e. The molecule has 3 heterocycles. The SMILES string of the molecule is CN(c1ccccc1)c1nc(N)nc(-c2noc(C3CC4CCCN(CCC(F)(F)F)[C@H]4C3)n2)n1. The van der Waals surface area contributed by atoms with Gasteiger partial charge in [-0.15, -0.1) is 0 Å². The van der Waals surface area contributed by atoms with Crippen LogP contribution in [0.25, 0.3) is 11.6 Å². The lowest BCUT2D eigenvalue weighted by Crippen LogP contribution is -2.43. The number of rotatable bonds is 6. The first kappa shape index (κ1) is 23.5. The molecule has 2 unspecified atom stereocenters. The van der Waals surface area contributed by atoms with Crippen LogP contribution in [0.3, 0.4) is 0 Å². The van der Waals surface area contributed by atoms with E-state index in [1.165, 1.54) is 0 Å². The summed E-state index contributed by atoms with van der Waals surface area (Å²) in [7, 11) is 1.82. The van der Waals surface area contributed by atoms with Crippen molar-refractivity contribution in [3.63, 3.8) is 0 Å². The van der Waals surface area contributed by atoms with Gasteiger partial charge >= 0.3 is 6.18 Å². The number of aromatic nitrogens is 5. The number of alkyl halides is 3. The molecule has 2 N–H and O–H groups in total. The summed E-state index contributed by atoms with van der Waals surface area (Å²) in [5.41, 5.74) is 6.81. The van der Waals surface area contributed by atoms with E-state index in [9.17, 15) is 13.2 Å². The van der Waals surface area contributed by atoms with E-state index in [-0.39, 0.29) is 36.1 Å². The summed E-state index contributed by atoms with van der Waals surface area (Å²) in [5, 5.41) is 4.08. The fourth-order valence-corrected chi connectivity index (χ4v) is 5.22. The Bertz CT molecular complexity index is 1160. The van der Waals surface area contributed by atoms with E-state index >= 15 is 0 Å². The fraction of sp³-hybridized carbons (Fsp3) is 0.522. The van der Waals surface area contributed by atoms with E-state index in [1.54, 1.807) is 4.90 Å². The maximum atomic E-state index is 12.8. The van der Waals surface area contributed by atoms with Gasteiger partial charge in [0.05, 0.1) is 6.42 Å². The second-order valence-corrected chi connectivity index (χ2v) is 9.21. The van der Waals surface area contributed by atoms with E-state index < -0.39 is 12.6 Å². The third kappa shape index (κ3) is 5.21. The predicted molar refractivity (Wildman–Crippen MR) is 123 cm³/mol. The lowest BCUT2D eigenvalue weighted by atomic mass is 9.92. The van der Waals surface area contributed by atoms with Crippen LogP contribution >= 0.6 is 0 Å². The maximum Gasteiger partial charge on any atom is 0.390 e. The zero-order valence-electron chi connectivity index (χ0n) is 19.3. The highest BCUT2D eigenvalue weighted by Gasteiger charge is 2.43. The Morgan fingerprint density at radius 3 is 2.66 bits per heavy atom. The molecular weight excluding hydrogens is 461 g/mol. The van der Waals surface area contributed by atoms with Gasteiger partial charge in [-0.2, -0.15) is 33.1 Å². The average molecular weight is 489 g/mol. The van der Waals surface area contributed by atoms with Gasteiger partial charge in [0, 0.05) is 31.2 Å². The Morgan fingerprint density at radius 2 is 1.89 bits per heavy atom. The lowest BCUT2D eigenvalue weighted by molar-refractivity contribution is -0.140. The summed E-state index contributed by atoms with van der Waals surface area (Å²) in [4.78, 5) is 21.2. The van der Waals surface area contributed by atoms with Crippen LogP contribution < -0.4 is 10.6 Å². The molecule has 0 spiro atoms. The Morgan fingerprint density at radius 1 is 1.09 bits per heavy atom. The van der Waals surface area contributed by atoms with Gasteiger partial charge in [0.1, 0.15) is 0 Å². The molecule has 1 aromatic carbocycles. The van der Waals surface area contributed by atoms with Gasteiger partial charge in [0.25, 0.3) is 0 Å². The molecule has 186 valence electrons. The first-order valence-electron chi connectivity index (χ1n) is 11.7. The summed E-state index contributed by atoms with van der Waals surface area (Å²) in [6.45, 7) is 0.731. The number of nitrogens with two attached hydrogens (primary N) is 1. The van der Waals surface area contributed by atoms with Crippen LogP contribution in [-0.2, 0) is 0 Å². The number of hydrogen-bond acceptors (Lipinski definition) is 9. The Labute approximate surface area is 200 Å². The molecular formula is C23H27F3N8O. The van der Waals surface area contributed by atoms with Crippen molar-refractivity contribution in [1.29, 1.82) is 0 Å². The van der Waals surface area contributed by atoms with Crippen molar-refractivity contribution in [2.75, 3.05) is 30.8 Å². The van der Waals surface area contributed by atoms with Gasteiger partial charge in [0.2, 0.25) is 29.4 Å². The molecule has 35 heavy (non-hydrogen) atoms. The molecule has 3 atom stereocenters. The molecule has 1 aliphatic heterocycles. The lowest BCUT2D eigenvalue weighted by Gasteiger charge is -2.37. The molecule has 1 aliphatic carbocycles. The second kappa shape index (κ2) is 9.40. The van der Waals surface area contributed by atoms with Crippen LogP contribution in [0.5, 0.6) is 0 Å². The van der Waals surface area contributed by atoms with E-state index in [2.05, 4.69) is 25.1 Å². The molecule has 2 fully saturated rings. The van der Waals surface area contributed by atoms with E-state index in [4.69, 9.17) is 10.3 Å². The number of halogens is 3. The molecule has 3 aromatic rings. The standard InChI is InChI=1S/C23H27F3N8O/c1-33(16-7-3-2-4-8-16)22-30-18(29-21(27)31-22)19-28-20(35-32-19)15-12-14-6-5-10-34(17(14)13-15)11-9-23(24,25)26/h2-4,7-8,14-15,17H,5-6,9-13H2,1H3,(H2,27,29,30,31)/t14?,15?,17-/m0/s1. The number of para-hydroxylation sites is 1. The van der Waals surface area contributed by atoms with Gasteiger partial charge < -0.3 is 15.2 Å². The van der Waals surface area contributed by atoms with Crippen LogP contribution in [-0.4, -0.2) is 62.3 Å². The van der Waals surface area contributed by atoms with Gasteiger partial charge in [-0.05, 0) is 50.3 Å². The van der Waals surface area contributed by atoms with Crippen molar-refractivity contribution in [2.24, 2.45) is 5.92 Å². The highest BCUT2D eigenvalue weighted by molar-refractivity contribution is 5.58. The van der Waals surface area contributed by atoms with Crippen molar-refractivity contribution >= 4 is 17.6 Å². The minimum absolute atomic E-state index is 0.0108. The van der Waals surface area contributed by atoms with Gasteiger partial charge in [-0.25, -0.2) is 0 Å². The van der Waals surface area contributed by atoms with Crippen LogP contribution in [0.1, 0.15) is 43.9 Å². The van der Waals surface area contributed by atoms with Gasteiger partial charge in [-0.3, -0.25) is 4.90 Å². The van der Waals surface area contributed by atoms with Crippen molar-refractivity contribution in [1.82, 2.24) is 30.0 Å². The van der Waals surface area contributed by atoms with E-state index in [1.807, 2.05) is 42.3 Å². The average Bonchev–Trinajstić information content (AvgIpc) is 3.49. The summed E-state index contributed by atoms with van der Waals surface area (Å²) in [6, 6.07) is 9.68. The van der Waals surface area contributed by atoms with Crippen LogP contribution in [0, 0.1) is 5.92 Å². The summed E-state index contributed by atoms with van der Waals surface area (Å²) >= 11 is 0. The molecule has 1 saturated carbocycles. The molecule has 0 radical (unpaired) electrons. The van der Waals surface area contributed by atoms with Crippen molar-refractivity contribution in [2.45, 2.75) is 50.2 Å². The topological polar surface area (TPSA) is 110 Å². The molecule has 0 bridgehead atoms. The highest BCUT2D eigenvalue weighted by atomic mass is 19.4. The molecule has 12 heteroatoms. The van der Waals surface area contributed by atoms with Crippen LogP contribution in [0.15, 0.2) is 34.9 Å². The number of nitrogen functional groups attached to an aromatic ring is 1. The second-order valence-electron chi connectivity index (χ2n) is 9.21. The summed E-state index contributed by atoms with van der Waals surface area (Å²) < 4.78 is 43.9. The molecule has 0 amide bonds. The fourth-order valence-electron chi connectivity index (χ4n) is 5.22. The molecule has 2 aromatic heterocycles. The zero-order valence-corrected chi connectivity index (χ0v) is 19.3. The normalized spacial score (nSPS) is 22.8. The Kier molecular flexibility index (Phi) is 6.30. The predicted octanol–water partition coefficient (Wildman–Crippen LogP) is 4.18. The molecule has 5 rings (SSSR count). The van der Waals surface area contributed by atoms with Crippen LogP contribution in [0.4, 0.5) is 30.8 Å². The first-order chi connectivity index (χ1) is 16.8. The zero-order chi connectivity index (χ0) is 24.6. The highest BCUT2D eigenvalue weighted by Crippen LogP contribution is 2.45. The number of hydrogen-bond donors (Lipinski definition) is 1. The largest absolute Gasteiger partial charge is 0.390 e. The first-order valence-corrected chi connectivity index (χ1v) is 11.7. The number of nitrogens with zero attached hydrogens (tertiary/aromatic N) is 7. The Balaban J connectivity index is 1.32. The van der Waals surface area contributed by atoms with E-state index in [0.717, 1.165) is 24.9 Å². The van der Waals surface area contributed by atoms with Crippen molar-refractivity contribution in [3.05, 3.63) is 36.2 Å². The summed E-state index contributed by atoms with van der Waals surface area (Å²) in [5.74, 6) is 1.57. The minimum atomic E-state index is -4.15.